The van der Waals surface area contributed by atoms with Crippen LogP contribution in [0.5, 0.6) is 0 Å². The van der Waals surface area contributed by atoms with Crippen molar-refractivity contribution >= 4 is 103 Å². The molecule has 0 aromatic heterocycles. The average Bonchev–Trinajstić information content (AvgIpc) is 2.54. The summed E-state index contributed by atoms with van der Waals surface area (Å²) >= 11 is 16.3. The highest BCUT2D eigenvalue weighted by molar-refractivity contribution is 8.93. The van der Waals surface area contributed by atoms with E-state index in [1.807, 2.05) is 36.4 Å². The summed E-state index contributed by atoms with van der Waals surface area (Å²) in [6.45, 7) is 0. The van der Waals surface area contributed by atoms with Crippen LogP contribution >= 0.6 is 92.5 Å². The van der Waals surface area contributed by atoms with Crippen molar-refractivity contribution in [3.05, 3.63) is 57.6 Å². The molecule has 0 radical (unpaired) electrons. The molecule has 148 valence electrons. The van der Waals surface area contributed by atoms with Gasteiger partial charge >= 0.3 is 0 Å². The number of halogens is 4. The van der Waals surface area contributed by atoms with Crippen molar-refractivity contribution in [2.24, 2.45) is 11.5 Å². The lowest BCUT2D eigenvalue weighted by atomic mass is 10.2. The van der Waals surface area contributed by atoms with Gasteiger partial charge in [0.25, 0.3) is 0 Å². The van der Waals surface area contributed by atoms with Crippen molar-refractivity contribution < 1.29 is 0 Å². The van der Waals surface area contributed by atoms with Crippen LogP contribution in [0.4, 0.5) is 0 Å². The van der Waals surface area contributed by atoms with Crippen molar-refractivity contribution in [3.63, 3.8) is 0 Å². The van der Waals surface area contributed by atoms with Gasteiger partial charge in [0, 0.05) is 31.3 Å². The standard InChI is InChI=1S/C16H16Cl2N4S3.2BrH/c17-11-1-3-13(9(5-11)7-23-15(19)20)25-14-4-2-12(18)6-10(14)8-24-16(21)22;;/h1-6H,7-8H2,(H3,19,20)(H3,21,22);2*1H. The highest BCUT2D eigenvalue weighted by Gasteiger charge is 2.11. The molecule has 0 bridgehead atoms. The second kappa shape index (κ2) is 13.2. The molecule has 0 aliphatic rings. The van der Waals surface area contributed by atoms with E-state index in [1.54, 1.807) is 11.8 Å². The van der Waals surface area contributed by atoms with Gasteiger partial charge in [-0.15, -0.1) is 34.0 Å². The van der Waals surface area contributed by atoms with Crippen LogP contribution in [0.25, 0.3) is 0 Å². The number of nitrogens with one attached hydrogen (secondary N) is 2. The van der Waals surface area contributed by atoms with Gasteiger partial charge in [-0.25, -0.2) is 0 Å². The van der Waals surface area contributed by atoms with E-state index < -0.39 is 0 Å². The fourth-order valence-corrected chi connectivity index (χ4v) is 4.66. The summed E-state index contributed by atoms with van der Waals surface area (Å²) in [5.74, 6) is 1.15. The Morgan fingerprint density at radius 2 is 1.15 bits per heavy atom. The number of nitrogens with two attached hydrogens (primary N) is 2. The molecule has 2 aromatic carbocycles. The molecule has 4 nitrogen and oxygen atoms in total. The van der Waals surface area contributed by atoms with E-state index in [0.717, 1.165) is 20.9 Å². The molecule has 27 heavy (non-hydrogen) atoms. The zero-order chi connectivity index (χ0) is 18.4. The first-order valence-corrected chi connectivity index (χ1v) is 10.6. The molecule has 6 N–H and O–H groups in total. The third-order valence-electron chi connectivity index (χ3n) is 3.03. The van der Waals surface area contributed by atoms with Gasteiger partial charge in [0.15, 0.2) is 10.3 Å². The van der Waals surface area contributed by atoms with E-state index in [-0.39, 0.29) is 44.3 Å². The summed E-state index contributed by atoms with van der Waals surface area (Å²) in [4.78, 5) is 2.07. The lowest BCUT2D eigenvalue weighted by Gasteiger charge is -2.13. The first-order chi connectivity index (χ1) is 11.8. The Morgan fingerprint density at radius 1 is 0.778 bits per heavy atom. The molecule has 11 heteroatoms. The molecular formula is C16H18Br2Cl2N4S3. The Morgan fingerprint density at radius 3 is 1.48 bits per heavy atom. The van der Waals surface area contributed by atoms with Gasteiger partial charge in [-0.05, 0) is 47.5 Å². The molecule has 0 saturated carbocycles. The average molecular weight is 593 g/mol. The summed E-state index contributed by atoms with van der Waals surface area (Å²) < 4.78 is 0. The van der Waals surface area contributed by atoms with Crippen LogP contribution in [-0.2, 0) is 11.5 Å². The quantitative estimate of drug-likeness (QED) is 0.225. The normalized spacial score (nSPS) is 9.85. The van der Waals surface area contributed by atoms with E-state index in [4.69, 9.17) is 45.5 Å². The van der Waals surface area contributed by atoms with Gasteiger partial charge in [0.1, 0.15) is 0 Å². The number of benzene rings is 2. The molecule has 0 aliphatic heterocycles. The molecule has 0 unspecified atom stereocenters. The van der Waals surface area contributed by atoms with Gasteiger partial charge in [0.05, 0.1) is 0 Å². The number of hydrogen-bond acceptors (Lipinski definition) is 5. The van der Waals surface area contributed by atoms with Crippen molar-refractivity contribution in [1.82, 2.24) is 0 Å². The molecule has 2 rings (SSSR count). The Hall–Kier alpha value is -0.0300. The smallest absolute Gasteiger partial charge is 0.151 e. The lowest BCUT2D eigenvalue weighted by Crippen LogP contribution is -2.04. The Kier molecular flexibility index (Phi) is 13.2. The number of hydrogen-bond donors (Lipinski definition) is 4. The highest BCUT2D eigenvalue weighted by atomic mass is 79.9. The maximum atomic E-state index is 7.39. The van der Waals surface area contributed by atoms with Crippen molar-refractivity contribution in [3.8, 4) is 0 Å². The highest BCUT2D eigenvalue weighted by Crippen LogP contribution is 2.37. The predicted molar refractivity (Wildman–Crippen MR) is 134 cm³/mol. The molecule has 0 heterocycles. The summed E-state index contributed by atoms with van der Waals surface area (Å²) in [6, 6.07) is 11.4. The summed E-state index contributed by atoms with van der Waals surface area (Å²) in [6.07, 6.45) is 0. The molecule has 0 atom stereocenters. The van der Waals surface area contributed by atoms with E-state index in [0.29, 0.717) is 21.6 Å². The fraction of sp³-hybridized carbons (Fsp3) is 0.125. The minimum absolute atomic E-state index is 0. The second-order valence-electron chi connectivity index (χ2n) is 4.91. The molecule has 0 aliphatic carbocycles. The van der Waals surface area contributed by atoms with Crippen molar-refractivity contribution in [1.29, 1.82) is 10.8 Å². The van der Waals surface area contributed by atoms with Crippen LogP contribution in [0.2, 0.25) is 10.0 Å². The van der Waals surface area contributed by atoms with Gasteiger partial charge in [0.2, 0.25) is 0 Å². The maximum Gasteiger partial charge on any atom is 0.151 e. The topological polar surface area (TPSA) is 99.7 Å². The van der Waals surface area contributed by atoms with E-state index >= 15 is 0 Å². The fourth-order valence-electron chi connectivity index (χ4n) is 1.95. The third kappa shape index (κ3) is 9.34. The zero-order valence-corrected chi connectivity index (χ0v) is 21.2. The molecule has 2 aromatic rings. The van der Waals surface area contributed by atoms with Gasteiger partial charge < -0.3 is 11.5 Å². The summed E-state index contributed by atoms with van der Waals surface area (Å²) in [5, 5.41) is 16.2. The van der Waals surface area contributed by atoms with Gasteiger partial charge in [-0.2, -0.15) is 0 Å². The van der Waals surface area contributed by atoms with Crippen molar-refractivity contribution in [2.45, 2.75) is 21.3 Å². The second-order valence-corrected chi connectivity index (χ2v) is 8.90. The molecular weight excluding hydrogens is 575 g/mol. The monoisotopic (exact) mass is 590 g/mol. The Balaban J connectivity index is 0.00000338. The molecule has 0 amide bonds. The Bertz CT molecular complexity index is 744. The van der Waals surface area contributed by atoms with Crippen LogP contribution in [0.3, 0.4) is 0 Å². The number of rotatable bonds is 6. The minimum atomic E-state index is 0. The summed E-state index contributed by atoms with van der Waals surface area (Å²) in [5.41, 5.74) is 12.9. The first kappa shape index (κ1) is 27.0. The van der Waals surface area contributed by atoms with Crippen LogP contribution in [0.1, 0.15) is 11.1 Å². The zero-order valence-electron chi connectivity index (χ0n) is 13.8. The van der Waals surface area contributed by atoms with E-state index in [1.165, 1.54) is 23.5 Å². The summed E-state index contributed by atoms with van der Waals surface area (Å²) in [7, 11) is 0. The lowest BCUT2D eigenvalue weighted by molar-refractivity contribution is 1.23. The molecule has 0 fully saturated rings. The van der Waals surface area contributed by atoms with Crippen LogP contribution in [0, 0.1) is 10.8 Å². The first-order valence-electron chi connectivity index (χ1n) is 7.03. The van der Waals surface area contributed by atoms with Crippen molar-refractivity contribution in [2.75, 3.05) is 0 Å². The predicted octanol–water partition coefficient (Wildman–Crippen LogP) is 6.55. The van der Waals surface area contributed by atoms with Gasteiger partial charge in [-0.1, -0.05) is 58.5 Å². The molecule has 0 spiro atoms. The largest absolute Gasteiger partial charge is 0.379 e. The maximum absolute atomic E-state index is 7.39. The number of amidine groups is 2. The van der Waals surface area contributed by atoms with Crippen LogP contribution < -0.4 is 11.5 Å². The molecule has 0 saturated heterocycles. The minimum Gasteiger partial charge on any atom is -0.379 e. The van der Waals surface area contributed by atoms with E-state index in [2.05, 4.69) is 0 Å². The SMILES string of the molecule is Br.Br.N=C(N)SCc1cc(Cl)ccc1Sc1ccc(Cl)cc1CSC(=N)N. The third-order valence-corrected chi connectivity index (χ3v) is 6.27. The number of thioether (sulfide) groups is 2. The van der Waals surface area contributed by atoms with Gasteiger partial charge in [-0.3, -0.25) is 10.8 Å². The van der Waals surface area contributed by atoms with Crippen LogP contribution in [-0.4, -0.2) is 10.3 Å². The van der Waals surface area contributed by atoms with E-state index in [9.17, 15) is 0 Å². The van der Waals surface area contributed by atoms with Crippen LogP contribution in [0.15, 0.2) is 46.2 Å². The Labute approximate surface area is 202 Å².